The van der Waals surface area contributed by atoms with Crippen molar-refractivity contribution in [2.24, 2.45) is 0 Å². The van der Waals surface area contributed by atoms with Gasteiger partial charge in [-0.05, 0) is 23.8 Å². The molecule has 0 aliphatic heterocycles. The van der Waals surface area contributed by atoms with Crippen LogP contribution in [0.1, 0.15) is 18.1 Å². The summed E-state index contributed by atoms with van der Waals surface area (Å²) in [6.07, 6.45) is -4.79. The molecule has 0 spiro atoms. The molecule has 0 atom stereocenters. The molecule has 28 heavy (non-hydrogen) atoms. The number of H-pyrrole nitrogens is 1. The summed E-state index contributed by atoms with van der Waals surface area (Å²) in [6, 6.07) is 12.6. The summed E-state index contributed by atoms with van der Waals surface area (Å²) in [5.41, 5.74) is -1.40. The summed E-state index contributed by atoms with van der Waals surface area (Å²) >= 11 is 0. The number of sulfonamides is 1. The number of benzene rings is 2. The zero-order valence-electron chi connectivity index (χ0n) is 14.8. The first-order valence-corrected chi connectivity index (χ1v) is 9.85. The molecule has 3 aromatic rings. The summed E-state index contributed by atoms with van der Waals surface area (Å²) in [7, 11) is -4.04. The van der Waals surface area contributed by atoms with Crippen molar-refractivity contribution in [2.75, 3.05) is 6.54 Å². The van der Waals surface area contributed by atoms with E-state index in [4.69, 9.17) is 0 Å². The van der Waals surface area contributed by atoms with Gasteiger partial charge in [-0.3, -0.25) is 4.79 Å². The van der Waals surface area contributed by atoms with Gasteiger partial charge in [0, 0.05) is 30.1 Å². The lowest BCUT2D eigenvalue weighted by Crippen LogP contribution is -2.30. The van der Waals surface area contributed by atoms with E-state index in [1.54, 1.807) is 37.3 Å². The number of hydrogen-bond acceptors (Lipinski definition) is 3. The number of aromatic nitrogens is 1. The van der Waals surface area contributed by atoms with Gasteiger partial charge in [-0.2, -0.15) is 17.5 Å². The molecule has 0 saturated carbocycles. The van der Waals surface area contributed by atoms with Crippen LogP contribution < -0.4 is 5.56 Å². The SMILES string of the molecule is CCN(Cc1ccccc1)S(=O)(=O)c1ccc2[nH]c(=O)cc(C(F)(F)F)c2c1. The smallest absolute Gasteiger partial charge is 0.322 e. The molecule has 2 aromatic carbocycles. The molecule has 3 rings (SSSR count). The highest BCUT2D eigenvalue weighted by Crippen LogP contribution is 2.34. The van der Waals surface area contributed by atoms with Crippen molar-refractivity contribution in [3.63, 3.8) is 0 Å². The van der Waals surface area contributed by atoms with Crippen molar-refractivity contribution < 1.29 is 21.6 Å². The first kappa shape index (κ1) is 20.1. The van der Waals surface area contributed by atoms with Crippen LogP contribution in [-0.4, -0.2) is 24.3 Å². The number of alkyl halides is 3. The van der Waals surface area contributed by atoms with Crippen LogP contribution in [0.4, 0.5) is 13.2 Å². The summed E-state index contributed by atoms with van der Waals surface area (Å²) in [5, 5.41) is -0.371. The molecular formula is C19H17F3N2O3S. The van der Waals surface area contributed by atoms with Crippen molar-refractivity contribution in [1.82, 2.24) is 9.29 Å². The molecule has 0 bridgehead atoms. The van der Waals surface area contributed by atoms with Crippen LogP contribution in [0.2, 0.25) is 0 Å². The molecule has 0 aliphatic carbocycles. The Balaban J connectivity index is 2.11. The van der Waals surface area contributed by atoms with Crippen molar-refractivity contribution >= 4 is 20.9 Å². The highest BCUT2D eigenvalue weighted by molar-refractivity contribution is 7.89. The van der Waals surface area contributed by atoms with Crippen LogP contribution in [0.3, 0.4) is 0 Å². The quantitative estimate of drug-likeness (QED) is 0.696. The molecule has 0 radical (unpaired) electrons. The number of pyridine rings is 1. The summed E-state index contributed by atoms with van der Waals surface area (Å²) in [5.74, 6) is 0. The molecule has 9 heteroatoms. The molecule has 0 saturated heterocycles. The van der Waals surface area contributed by atoms with E-state index in [1.807, 2.05) is 0 Å². The Morgan fingerprint density at radius 3 is 2.32 bits per heavy atom. The van der Waals surface area contributed by atoms with E-state index in [9.17, 15) is 26.4 Å². The van der Waals surface area contributed by atoms with Gasteiger partial charge in [0.05, 0.1) is 10.5 Å². The predicted octanol–water partition coefficient (Wildman–Crippen LogP) is 3.76. The second-order valence-corrected chi connectivity index (χ2v) is 8.11. The van der Waals surface area contributed by atoms with Crippen molar-refractivity contribution in [3.05, 3.63) is 76.1 Å². The first-order chi connectivity index (χ1) is 13.1. The summed E-state index contributed by atoms with van der Waals surface area (Å²) in [6.45, 7) is 1.89. The molecule has 0 amide bonds. The van der Waals surface area contributed by atoms with Crippen molar-refractivity contribution in [2.45, 2.75) is 24.5 Å². The van der Waals surface area contributed by atoms with E-state index in [0.717, 1.165) is 11.6 Å². The molecule has 148 valence electrons. The van der Waals surface area contributed by atoms with Gasteiger partial charge in [-0.25, -0.2) is 8.42 Å². The van der Waals surface area contributed by atoms with E-state index in [1.165, 1.54) is 16.4 Å². The van der Waals surface area contributed by atoms with Gasteiger partial charge in [0.25, 0.3) is 0 Å². The Labute approximate surface area is 159 Å². The zero-order chi connectivity index (χ0) is 20.5. The van der Waals surface area contributed by atoms with Gasteiger partial charge in [-0.15, -0.1) is 0 Å². The Kier molecular flexibility index (Phi) is 5.31. The van der Waals surface area contributed by atoms with Gasteiger partial charge in [0.15, 0.2) is 0 Å². The summed E-state index contributed by atoms with van der Waals surface area (Å²) < 4.78 is 67.2. The topological polar surface area (TPSA) is 70.2 Å². The van der Waals surface area contributed by atoms with E-state index in [2.05, 4.69) is 4.98 Å². The van der Waals surface area contributed by atoms with Crippen molar-refractivity contribution in [1.29, 1.82) is 0 Å². The Morgan fingerprint density at radius 2 is 1.71 bits per heavy atom. The highest BCUT2D eigenvalue weighted by Gasteiger charge is 2.34. The minimum atomic E-state index is -4.79. The Bertz CT molecular complexity index is 1160. The Hall–Kier alpha value is -2.65. The van der Waals surface area contributed by atoms with Gasteiger partial charge >= 0.3 is 6.18 Å². The maximum Gasteiger partial charge on any atom is 0.417 e. The van der Waals surface area contributed by atoms with Gasteiger partial charge < -0.3 is 4.98 Å². The number of nitrogens with zero attached hydrogens (tertiary/aromatic N) is 1. The first-order valence-electron chi connectivity index (χ1n) is 8.41. The number of hydrogen-bond donors (Lipinski definition) is 1. The molecule has 0 fully saturated rings. The molecule has 0 aliphatic rings. The predicted molar refractivity (Wildman–Crippen MR) is 99.3 cm³/mol. The van der Waals surface area contributed by atoms with Crippen LogP contribution in [0.15, 0.2) is 64.3 Å². The second-order valence-electron chi connectivity index (χ2n) is 6.17. The zero-order valence-corrected chi connectivity index (χ0v) is 15.6. The number of rotatable bonds is 5. The molecular weight excluding hydrogens is 393 g/mol. The van der Waals surface area contributed by atoms with Crippen LogP contribution >= 0.6 is 0 Å². The average Bonchev–Trinajstić information content (AvgIpc) is 2.65. The largest absolute Gasteiger partial charge is 0.417 e. The number of fused-ring (bicyclic) bond motifs is 1. The van der Waals surface area contributed by atoms with E-state index < -0.39 is 27.3 Å². The van der Waals surface area contributed by atoms with E-state index in [-0.39, 0.29) is 28.9 Å². The lowest BCUT2D eigenvalue weighted by molar-refractivity contribution is -0.136. The molecule has 0 unspecified atom stereocenters. The van der Waals surface area contributed by atoms with Crippen LogP contribution in [0.25, 0.3) is 10.9 Å². The third-order valence-corrected chi connectivity index (χ3v) is 6.23. The third-order valence-electron chi connectivity index (χ3n) is 4.31. The monoisotopic (exact) mass is 410 g/mol. The van der Waals surface area contributed by atoms with Crippen LogP contribution in [0, 0.1) is 0 Å². The maximum atomic E-state index is 13.3. The maximum absolute atomic E-state index is 13.3. The van der Waals surface area contributed by atoms with Gasteiger partial charge in [0.1, 0.15) is 0 Å². The standard InChI is InChI=1S/C19H17F3N2O3S/c1-2-24(12-13-6-4-3-5-7-13)28(26,27)14-8-9-17-15(10-14)16(19(20,21)22)11-18(25)23-17/h3-11H,2,12H2,1H3,(H,23,25). The minimum absolute atomic E-state index is 0.0788. The van der Waals surface area contributed by atoms with Crippen LogP contribution in [-0.2, 0) is 22.7 Å². The van der Waals surface area contributed by atoms with E-state index in [0.29, 0.717) is 6.07 Å². The average molecular weight is 410 g/mol. The Morgan fingerprint density at radius 1 is 1.04 bits per heavy atom. The number of aromatic amines is 1. The molecule has 1 N–H and O–H groups in total. The lowest BCUT2D eigenvalue weighted by Gasteiger charge is -2.21. The van der Waals surface area contributed by atoms with Crippen LogP contribution in [0.5, 0.6) is 0 Å². The normalized spacial score (nSPS) is 12.6. The molecule has 1 aromatic heterocycles. The fraction of sp³-hybridized carbons (Fsp3) is 0.211. The minimum Gasteiger partial charge on any atom is -0.322 e. The van der Waals surface area contributed by atoms with Gasteiger partial charge in [-0.1, -0.05) is 37.3 Å². The lowest BCUT2D eigenvalue weighted by atomic mass is 10.1. The number of halogens is 3. The fourth-order valence-corrected chi connectivity index (χ4v) is 4.39. The van der Waals surface area contributed by atoms with E-state index >= 15 is 0 Å². The molecule has 5 nitrogen and oxygen atoms in total. The van der Waals surface area contributed by atoms with Gasteiger partial charge in [0.2, 0.25) is 15.6 Å². The fourth-order valence-electron chi connectivity index (χ4n) is 2.93. The summed E-state index contributed by atoms with van der Waals surface area (Å²) in [4.78, 5) is 13.5. The second kappa shape index (κ2) is 7.40. The number of nitrogens with one attached hydrogen (secondary N) is 1. The molecule has 1 heterocycles. The van der Waals surface area contributed by atoms with Crippen molar-refractivity contribution in [3.8, 4) is 0 Å². The highest BCUT2D eigenvalue weighted by atomic mass is 32.2. The third kappa shape index (κ3) is 3.95.